The molecule has 0 aliphatic rings. The van der Waals surface area contributed by atoms with E-state index in [4.69, 9.17) is 4.74 Å². The van der Waals surface area contributed by atoms with Crippen LogP contribution in [0.4, 0.5) is 5.00 Å². The zero-order valence-electron chi connectivity index (χ0n) is 14.0. The fourth-order valence-electron chi connectivity index (χ4n) is 2.46. The Morgan fingerprint density at radius 2 is 2.04 bits per heavy atom. The van der Waals surface area contributed by atoms with E-state index in [0.29, 0.717) is 16.1 Å². The molecule has 0 spiro atoms. The van der Waals surface area contributed by atoms with Crippen LogP contribution in [-0.2, 0) is 9.53 Å². The summed E-state index contributed by atoms with van der Waals surface area (Å²) >= 11 is 1.23. The molecule has 0 saturated heterocycles. The van der Waals surface area contributed by atoms with Gasteiger partial charge in [-0.15, -0.1) is 11.3 Å². The van der Waals surface area contributed by atoms with Crippen LogP contribution in [0.1, 0.15) is 34.1 Å². The highest BCUT2D eigenvalue weighted by Gasteiger charge is 2.19. The Kier molecular flexibility index (Phi) is 5.38. The molecule has 0 aliphatic heterocycles. The van der Waals surface area contributed by atoms with Gasteiger partial charge in [0.15, 0.2) is 5.78 Å². The second-order valence-corrected chi connectivity index (χ2v) is 6.35. The summed E-state index contributed by atoms with van der Waals surface area (Å²) in [6.45, 7) is 1.90. The van der Waals surface area contributed by atoms with Crippen molar-refractivity contribution in [2.24, 2.45) is 0 Å². The summed E-state index contributed by atoms with van der Waals surface area (Å²) in [5.74, 6) is -1.30. The van der Waals surface area contributed by atoms with Crippen LogP contribution in [0.25, 0.3) is 10.9 Å². The van der Waals surface area contributed by atoms with Gasteiger partial charge in [0.25, 0.3) is 5.91 Å². The molecule has 0 atom stereocenters. The van der Waals surface area contributed by atoms with Crippen molar-refractivity contribution in [3.05, 3.63) is 59.1 Å². The molecule has 0 unspecified atom stereocenters. The number of amides is 1. The number of ether oxygens (including phenoxy) is 1. The number of anilines is 1. The van der Waals surface area contributed by atoms with E-state index in [1.54, 1.807) is 48.8 Å². The van der Waals surface area contributed by atoms with Crippen molar-refractivity contribution in [2.45, 2.75) is 13.3 Å². The summed E-state index contributed by atoms with van der Waals surface area (Å²) < 4.78 is 4.79. The second-order valence-electron chi connectivity index (χ2n) is 5.43. The van der Waals surface area contributed by atoms with Crippen LogP contribution in [0.15, 0.2) is 48.0 Å². The van der Waals surface area contributed by atoms with E-state index < -0.39 is 5.97 Å². The van der Waals surface area contributed by atoms with E-state index in [9.17, 15) is 14.4 Å². The fourth-order valence-corrected chi connectivity index (χ4v) is 3.26. The van der Waals surface area contributed by atoms with Gasteiger partial charge in [-0.1, -0.05) is 6.07 Å². The van der Waals surface area contributed by atoms with Crippen LogP contribution in [0, 0.1) is 0 Å². The monoisotopic (exact) mass is 368 g/mol. The van der Waals surface area contributed by atoms with Crippen molar-refractivity contribution in [1.29, 1.82) is 0 Å². The molecule has 3 rings (SSSR count). The number of nitrogens with one attached hydrogen (secondary N) is 1. The first-order valence-electron chi connectivity index (χ1n) is 8.01. The number of hydrogen-bond donors (Lipinski definition) is 1. The summed E-state index contributed by atoms with van der Waals surface area (Å²) in [6.07, 6.45) is 1.34. The van der Waals surface area contributed by atoms with Gasteiger partial charge < -0.3 is 10.1 Å². The Bertz CT molecular complexity index is 980. The fraction of sp³-hybridized carbons (Fsp3) is 0.158. The number of carbonyl (C=O) groups excluding carboxylic acids is 3. The topological polar surface area (TPSA) is 85.4 Å². The number of carbonyl (C=O) groups is 3. The minimum atomic E-state index is -0.581. The Morgan fingerprint density at radius 3 is 2.85 bits per heavy atom. The molecule has 0 radical (unpaired) electrons. The largest absolute Gasteiger partial charge is 0.466 e. The van der Waals surface area contributed by atoms with Crippen molar-refractivity contribution in [3.8, 4) is 0 Å². The van der Waals surface area contributed by atoms with Crippen LogP contribution >= 0.6 is 11.3 Å². The number of fused-ring (bicyclic) bond motifs is 1. The standard InChI is InChI=1S/C19H16N2O4S/c1-2-25-17(23)11-16(22)14-7-9-26-19(14)21-18(24)13-5-6-15-12(10-13)4-3-8-20-15/h3-10H,2,11H2,1H3,(H,21,24). The Morgan fingerprint density at radius 1 is 1.19 bits per heavy atom. The summed E-state index contributed by atoms with van der Waals surface area (Å²) in [6, 6.07) is 10.5. The predicted molar refractivity (Wildman–Crippen MR) is 99.6 cm³/mol. The van der Waals surface area contributed by atoms with Crippen molar-refractivity contribution in [2.75, 3.05) is 11.9 Å². The molecular weight excluding hydrogens is 352 g/mol. The number of thiophene rings is 1. The average Bonchev–Trinajstić information content (AvgIpc) is 3.09. The Labute approximate surface area is 153 Å². The van der Waals surface area contributed by atoms with E-state index in [2.05, 4.69) is 10.3 Å². The van der Waals surface area contributed by atoms with E-state index in [1.807, 2.05) is 6.07 Å². The highest BCUT2D eigenvalue weighted by atomic mass is 32.1. The van der Waals surface area contributed by atoms with Gasteiger partial charge >= 0.3 is 5.97 Å². The van der Waals surface area contributed by atoms with Crippen LogP contribution < -0.4 is 5.32 Å². The summed E-state index contributed by atoms with van der Waals surface area (Å²) in [4.78, 5) is 40.5. The molecule has 0 saturated carbocycles. The molecule has 0 fully saturated rings. The molecule has 7 heteroatoms. The Hall–Kier alpha value is -3.06. The van der Waals surface area contributed by atoms with Crippen molar-refractivity contribution in [1.82, 2.24) is 4.98 Å². The highest BCUT2D eigenvalue weighted by molar-refractivity contribution is 7.14. The molecule has 2 heterocycles. The van der Waals surface area contributed by atoms with Gasteiger partial charge in [-0.2, -0.15) is 0 Å². The van der Waals surface area contributed by atoms with E-state index in [1.165, 1.54) is 11.3 Å². The summed E-state index contributed by atoms with van der Waals surface area (Å²) in [5.41, 5.74) is 1.56. The van der Waals surface area contributed by atoms with E-state index >= 15 is 0 Å². The molecule has 2 aromatic heterocycles. The van der Waals surface area contributed by atoms with Crippen molar-refractivity contribution >= 4 is 44.9 Å². The lowest BCUT2D eigenvalue weighted by molar-refractivity contribution is -0.141. The molecule has 1 amide bonds. The molecule has 0 aliphatic carbocycles. The normalized spacial score (nSPS) is 10.5. The molecule has 26 heavy (non-hydrogen) atoms. The minimum absolute atomic E-state index is 0.218. The van der Waals surface area contributed by atoms with Gasteiger partial charge in [0, 0.05) is 17.1 Å². The maximum Gasteiger partial charge on any atom is 0.313 e. The van der Waals surface area contributed by atoms with Gasteiger partial charge in [-0.25, -0.2) is 0 Å². The quantitative estimate of drug-likeness (QED) is 0.407. The number of esters is 1. The lowest BCUT2D eigenvalue weighted by Gasteiger charge is -2.07. The minimum Gasteiger partial charge on any atom is -0.466 e. The SMILES string of the molecule is CCOC(=O)CC(=O)c1ccsc1NC(=O)c1ccc2ncccc2c1. The number of Topliss-reactive ketones (excluding diaryl/α,β-unsaturated/α-hetero) is 1. The highest BCUT2D eigenvalue weighted by Crippen LogP contribution is 2.26. The number of hydrogen-bond acceptors (Lipinski definition) is 6. The number of benzene rings is 1. The number of nitrogens with zero attached hydrogens (tertiary/aromatic N) is 1. The van der Waals surface area contributed by atoms with Gasteiger partial charge in [-0.05, 0) is 42.6 Å². The number of ketones is 1. The summed E-state index contributed by atoms with van der Waals surface area (Å²) in [7, 11) is 0. The van der Waals surface area contributed by atoms with Crippen molar-refractivity contribution < 1.29 is 19.1 Å². The van der Waals surface area contributed by atoms with Crippen LogP contribution in [-0.4, -0.2) is 29.3 Å². The number of aromatic nitrogens is 1. The first kappa shape index (κ1) is 17.8. The first-order valence-corrected chi connectivity index (χ1v) is 8.89. The third-order valence-corrected chi connectivity index (χ3v) is 4.50. The van der Waals surface area contributed by atoms with Gasteiger partial charge in [0.2, 0.25) is 0 Å². The maximum atomic E-state index is 12.5. The predicted octanol–water partition coefficient (Wildman–Crippen LogP) is 3.68. The number of pyridine rings is 1. The molecule has 6 nitrogen and oxygen atoms in total. The first-order chi connectivity index (χ1) is 12.6. The lowest BCUT2D eigenvalue weighted by atomic mass is 10.1. The zero-order valence-corrected chi connectivity index (χ0v) is 14.8. The van der Waals surface area contributed by atoms with Crippen molar-refractivity contribution in [3.63, 3.8) is 0 Å². The molecule has 3 aromatic rings. The second kappa shape index (κ2) is 7.88. The average molecular weight is 368 g/mol. The third-order valence-electron chi connectivity index (χ3n) is 3.67. The molecule has 1 N–H and O–H groups in total. The molecule has 0 bridgehead atoms. The van der Waals surface area contributed by atoms with E-state index in [-0.39, 0.29) is 24.7 Å². The summed E-state index contributed by atoms with van der Waals surface area (Å²) in [5, 5.41) is 5.70. The van der Waals surface area contributed by atoms with Crippen LogP contribution in [0.5, 0.6) is 0 Å². The van der Waals surface area contributed by atoms with Gasteiger partial charge in [0.1, 0.15) is 11.4 Å². The van der Waals surface area contributed by atoms with Gasteiger partial charge in [0.05, 0.1) is 17.7 Å². The van der Waals surface area contributed by atoms with E-state index in [0.717, 1.165) is 10.9 Å². The van der Waals surface area contributed by atoms with Crippen LogP contribution in [0.3, 0.4) is 0 Å². The smallest absolute Gasteiger partial charge is 0.313 e. The zero-order chi connectivity index (χ0) is 18.5. The van der Waals surface area contributed by atoms with Gasteiger partial charge in [-0.3, -0.25) is 19.4 Å². The third kappa shape index (κ3) is 3.94. The van der Waals surface area contributed by atoms with Crippen LogP contribution in [0.2, 0.25) is 0 Å². The molecular formula is C19H16N2O4S. The number of rotatable bonds is 6. The molecule has 132 valence electrons. The lowest BCUT2D eigenvalue weighted by Crippen LogP contribution is -2.15. The Balaban J connectivity index is 1.76. The maximum absolute atomic E-state index is 12.5. The molecule has 1 aromatic carbocycles.